The van der Waals surface area contributed by atoms with Crippen molar-refractivity contribution < 1.29 is 8.42 Å². The number of sulfonamides is 1. The van der Waals surface area contributed by atoms with Crippen LogP contribution in [0.5, 0.6) is 0 Å². The van der Waals surface area contributed by atoms with E-state index in [-0.39, 0.29) is 22.3 Å². The molecule has 2 N–H and O–H groups in total. The van der Waals surface area contributed by atoms with Gasteiger partial charge >= 0.3 is 0 Å². The fourth-order valence-corrected chi connectivity index (χ4v) is 3.38. The first-order valence-corrected chi connectivity index (χ1v) is 8.08. The minimum atomic E-state index is -3.70. The molecule has 0 saturated heterocycles. The Kier molecular flexibility index (Phi) is 4.76. The van der Waals surface area contributed by atoms with Crippen molar-refractivity contribution >= 4 is 27.4 Å². The summed E-state index contributed by atoms with van der Waals surface area (Å²) < 4.78 is 26.5. The van der Waals surface area contributed by atoms with Gasteiger partial charge in [-0.25, -0.2) is 13.4 Å². The van der Waals surface area contributed by atoms with E-state index in [1.807, 2.05) is 6.07 Å². The van der Waals surface area contributed by atoms with Crippen LogP contribution in [-0.2, 0) is 16.6 Å². The Bertz CT molecular complexity index is 722. The molecule has 8 heteroatoms. The van der Waals surface area contributed by atoms with E-state index in [4.69, 9.17) is 17.3 Å². The molecule has 0 fully saturated rings. The molecule has 0 radical (unpaired) electrons. The lowest BCUT2D eigenvalue weighted by atomic mass is 10.3. The van der Waals surface area contributed by atoms with Crippen LogP contribution in [0.4, 0.5) is 5.82 Å². The molecule has 0 bridgehead atoms. The van der Waals surface area contributed by atoms with E-state index >= 15 is 0 Å². The lowest BCUT2D eigenvalue weighted by Crippen LogP contribution is -2.31. The molecule has 0 atom stereocenters. The first-order valence-electron chi connectivity index (χ1n) is 6.26. The molecule has 0 aliphatic carbocycles. The van der Waals surface area contributed by atoms with Crippen LogP contribution in [0.25, 0.3) is 0 Å². The van der Waals surface area contributed by atoms with Crippen molar-refractivity contribution in [2.75, 3.05) is 12.3 Å². The van der Waals surface area contributed by atoms with E-state index < -0.39 is 10.0 Å². The zero-order chi connectivity index (χ0) is 15.5. The van der Waals surface area contributed by atoms with E-state index in [0.29, 0.717) is 12.2 Å². The maximum Gasteiger partial charge on any atom is 0.245 e. The van der Waals surface area contributed by atoms with E-state index in [0.717, 1.165) is 0 Å². The normalized spacial score (nSPS) is 11.8. The van der Waals surface area contributed by atoms with Gasteiger partial charge in [0.05, 0.1) is 17.3 Å². The van der Waals surface area contributed by atoms with Gasteiger partial charge in [0.25, 0.3) is 0 Å². The molecule has 0 aliphatic heterocycles. The van der Waals surface area contributed by atoms with E-state index in [1.54, 1.807) is 25.3 Å². The average Bonchev–Trinajstić information content (AvgIpc) is 2.48. The van der Waals surface area contributed by atoms with Gasteiger partial charge in [-0.1, -0.05) is 24.6 Å². The number of pyridine rings is 2. The molecule has 112 valence electrons. The molecule has 2 aromatic heterocycles. The monoisotopic (exact) mass is 326 g/mol. The minimum absolute atomic E-state index is 0.0134. The van der Waals surface area contributed by atoms with Crippen LogP contribution in [0, 0.1) is 0 Å². The van der Waals surface area contributed by atoms with E-state index in [1.165, 1.54) is 16.6 Å². The molecule has 2 heterocycles. The molecule has 0 spiro atoms. The van der Waals surface area contributed by atoms with Crippen molar-refractivity contribution in [2.24, 2.45) is 0 Å². The fourth-order valence-electron chi connectivity index (χ4n) is 1.76. The zero-order valence-electron chi connectivity index (χ0n) is 11.4. The summed E-state index contributed by atoms with van der Waals surface area (Å²) in [6, 6.07) is 6.66. The summed E-state index contributed by atoms with van der Waals surface area (Å²) in [5.41, 5.74) is 6.17. The van der Waals surface area contributed by atoms with E-state index in [2.05, 4.69) is 9.97 Å². The number of hydrogen-bond acceptors (Lipinski definition) is 5. The van der Waals surface area contributed by atoms with Crippen LogP contribution in [0.15, 0.2) is 41.6 Å². The topological polar surface area (TPSA) is 89.2 Å². The zero-order valence-corrected chi connectivity index (χ0v) is 13.0. The third-order valence-corrected chi connectivity index (χ3v) is 5.09. The van der Waals surface area contributed by atoms with Gasteiger partial charge in [-0.15, -0.1) is 0 Å². The second kappa shape index (κ2) is 6.38. The Morgan fingerprint density at radius 3 is 2.67 bits per heavy atom. The number of nitrogens with zero attached hydrogens (tertiary/aromatic N) is 3. The van der Waals surface area contributed by atoms with Crippen LogP contribution in [0.3, 0.4) is 0 Å². The second-order valence-electron chi connectivity index (χ2n) is 4.29. The number of aromatic nitrogens is 2. The summed E-state index contributed by atoms with van der Waals surface area (Å²) >= 11 is 5.85. The summed E-state index contributed by atoms with van der Waals surface area (Å²) in [5, 5.41) is 0.116. The SMILES string of the molecule is CCN(Cc1ccccn1)S(=O)(=O)c1cnc(N)c(Cl)c1. The Balaban J connectivity index is 2.33. The maximum absolute atomic E-state index is 12.6. The average molecular weight is 327 g/mol. The maximum atomic E-state index is 12.6. The highest BCUT2D eigenvalue weighted by Crippen LogP contribution is 2.23. The highest BCUT2D eigenvalue weighted by Gasteiger charge is 2.24. The molecule has 0 aliphatic rings. The van der Waals surface area contributed by atoms with Gasteiger partial charge in [0.2, 0.25) is 10.0 Å². The van der Waals surface area contributed by atoms with Gasteiger partial charge in [-0.3, -0.25) is 4.98 Å². The molecular weight excluding hydrogens is 312 g/mol. The Hall–Kier alpha value is -1.70. The van der Waals surface area contributed by atoms with Gasteiger partial charge in [-0.2, -0.15) is 4.31 Å². The van der Waals surface area contributed by atoms with Gasteiger partial charge in [-0.05, 0) is 18.2 Å². The lowest BCUT2D eigenvalue weighted by molar-refractivity contribution is 0.419. The first-order chi connectivity index (χ1) is 9.95. The summed E-state index contributed by atoms with van der Waals surface area (Å²) in [4.78, 5) is 7.94. The molecule has 0 unspecified atom stereocenters. The number of rotatable bonds is 5. The van der Waals surface area contributed by atoms with Gasteiger partial charge in [0, 0.05) is 18.9 Å². The Morgan fingerprint density at radius 2 is 2.10 bits per heavy atom. The van der Waals surface area contributed by atoms with Crippen LogP contribution < -0.4 is 5.73 Å². The van der Waals surface area contributed by atoms with Crippen molar-refractivity contribution in [1.29, 1.82) is 0 Å². The Morgan fingerprint density at radius 1 is 1.33 bits per heavy atom. The molecule has 0 amide bonds. The smallest absolute Gasteiger partial charge is 0.245 e. The Labute approximate surface area is 128 Å². The second-order valence-corrected chi connectivity index (χ2v) is 6.64. The third kappa shape index (κ3) is 3.49. The highest BCUT2D eigenvalue weighted by atomic mass is 35.5. The molecule has 21 heavy (non-hydrogen) atoms. The van der Waals surface area contributed by atoms with Crippen molar-refractivity contribution in [3.8, 4) is 0 Å². The summed E-state index contributed by atoms with van der Waals surface area (Å²) in [5.74, 6) is 0.100. The largest absolute Gasteiger partial charge is 0.382 e. The van der Waals surface area contributed by atoms with Crippen LogP contribution >= 0.6 is 11.6 Å². The molecule has 0 saturated carbocycles. The molecule has 6 nitrogen and oxygen atoms in total. The predicted molar refractivity (Wildman–Crippen MR) is 81.2 cm³/mol. The molecular formula is C13H15ClN4O2S. The van der Waals surface area contributed by atoms with Crippen molar-refractivity contribution in [2.45, 2.75) is 18.4 Å². The van der Waals surface area contributed by atoms with E-state index in [9.17, 15) is 8.42 Å². The molecule has 0 aromatic carbocycles. The van der Waals surface area contributed by atoms with Crippen molar-refractivity contribution in [3.05, 3.63) is 47.4 Å². The molecule has 2 aromatic rings. The van der Waals surface area contributed by atoms with Gasteiger partial charge in [0.15, 0.2) is 0 Å². The van der Waals surface area contributed by atoms with Crippen LogP contribution in [0.1, 0.15) is 12.6 Å². The van der Waals surface area contributed by atoms with Gasteiger partial charge < -0.3 is 5.73 Å². The van der Waals surface area contributed by atoms with Gasteiger partial charge in [0.1, 0.15) is 10.7 Å². The first kappa shape index (κ1) is 15.7. The number of anilines is 1. The fraction of sp³-hybridized carbons (Fsp3) is 0.231. The quantitative estimate of drug-likeness (QED) is 0.906. The number of halogens is 1. The van der Waals surface area contributed by atoms with Crippen LogP contribution in [0.2, 0.25) is 5.02 Å². The number of hydrogen-bond donors (Lipinski definition) is 1. The summed E-state index contributed by atoms with van der Waals surface area (Å²) in [6.45, 7) is 2.25. The van der Waals surface area contributed by atoms with Crippen molar-refractivity contribution in [3.63, 3.8) is 0 Å². The highest BCUT2D eigenvalue weighted by molar-refractivity contribution is 7.89. The summed E-state index contributed by atoms with van der Waals surface area (Å²) in [6.07, 6.45) is 2.83. The standard InChI is InChI=1S/C13H15ClN4O2S/c1-2-18(9-10-5-3-4-6-16-10)21(19,20)11-7-12(14)13(15)17-8-11/h3-8H,2,9H2,1H3,(H2,15,17). The van der Waals surface area contributed by atoms with Crippen LogP contribution in [-0.4, -0.2) is 29.2 Å². The molecule has 2 rings (SSSR count). The lowest BCUT2D eigenvalue weighted by Gasteiger charge is -2.20. The van der Waals surface area contributed by atoms with Crippen molar-refractivity contribution in [1.82, 2.24) is 14.3 Å². The minimum Gasteiger partial charge on any atom is -0.382 e. The number of nitrogen functional groups attached to an aromatic ring is 1. The predicted octanol–water partition coefficient (Wildman–Crippen LogP) is 1.92. The third-order valence-electron chi connectivity index (χ3n) is 2.90. The summed E-state index contributed by atoms with van der Waals surface area (Å²) in [7, 11) is -3.70. The number of nitrogens with two attached hydrogens (primary N) is 1.